The summed E-state index contributed by atoms with van der Waals surface area (Å²) in [4.78, 5) is 0. The van der Waals surface area contributed by atoms with Crippen LogP contribution in [0.25, 0.3) is 0 Å². The summed E-state index contributed by atoms with van der Waals surface area (Å²) >= 11 is 5.45. The van der Waals surface area contributed by atoms with Crippen molar-refractivity contribution in [2.45, 2.75) is 0 Å². The maximum absolute atomic E-state index is 5.45. The van der Waals surface area contributed by atoms with Crippen LogP contribution >= 0.6 is 11.6 Å². The van der Waals surface area contributed by atoms with Crippen molar-refractivity contribution < 1.29 is 4.74 Å². The molecule has 0 aliphatic rings. The van der Waals surface area contributed by atoms with E-state index < -0.39 is 0 Å². The van der Waals surface area contributed by atoms with E-state index in [1.54, 1.807) is 0 Å². The third-order valence-electron chi connectivity index (χ3n) is 0.824. The molecule has 0 rings (SSSR count). The maximum atomic E-state index is 5.45. The summed E-state index contributed by atoms with van der Waals surface area (Å²) in [6.45, 7) is 6.90. The van der Waals surface area contributed by atoms with Crippen LogP contribution in [0.2, 0.25) is 0 Å². The van der Waals surface area contributed by atoms with Gasteiger partial charge in [0.05, 0.1) is 12.8 Å². The summed E-state index contributed by atoms with van der Waals surface area (Å²) in [5.74, 6) is 0.444. The number of ether oxygens (including phenoxy) is 1. The van der Waals surface area contributed by atoms with Crippen LogP contribution in [0, 0.1) is 0 Å². The first-order valence-electron chi connectivity index (χ1n) is 2.62. The summed E-state index contributed by atoms with van der Waals surface area (Å²) in [5.41, 5.74) is 5.65. The average Bonchev–Trinajstić information content (AvgIpc) is 1.81. The largest absolute Gasteiger partial charge is 0.495 e. The molecule has 0 fully saturated rings. The van der Waals surface area contributed by atoms with Crippen LogP contribution in [0.5, 0.6) is 0 Å². The van der Waals surface area contributed by atoms with Gasteiger partial charge in [-0.2, -0.15) is 0 Å². The Hall–Kier alpha value is -0.890. The molecule has 2 nitrogen and oxygen atoms in total. The molecule has 0 amide bonds. The fourth-order valence-corrected chi connectivity index (χ4v) is 0.524. The van der Waals surface area contributed by atoms with Crippen molar-refractivity contribution in [2.75, 3.05) is 7.11 Å². The minimum Gasteiger partial charge on any atom is -0.495 e. The summed E-state index contributed by atoms with van der Waals surface area (Å²) < 4.78 is 4.81. The third kappa shape index (κ3) is 3.20. The predicted octanol–water partition coefficient (Wildman–Crippen LogP) is 1.74. The molecular weight excluding hydrogens is 150 g/mol. The molecule has 0 atom stereocenters. The minimum absolute atomic E-state index is 0.337. The first-order chi connectivity index (χ1) is 4.57. The van der Waals surface area contributed by atoms with E-state index >= 15 is 0 Å². The number of hydrogen-bond acceptors (Lipinski definition) is 2. The van der Waals surface area contributed by atoms with Gasteiger partial charge in [0.1, 0.15) is 5.76 Å². The number of allylic oxidation sites excluding steroid dienone is 2. The zero-order valence-electron chi connectivity index (χ0n) is 5.86. The predicted molar refractivity (Wildman–Crippen MR) is 43.4 cm³/mol. The Kier molecular flexibility index (Phi) is 3.65. The van der Waals surface area contributed by atoms with Crippen LogP contribution < -0.4 is 5.73 Å². The molecule has 56 valence electrons. The Morgan fingerprint density at radius 1 is 1.60 bits per heavy atom. The summed E-state index contributed by atoms with van der Waals surface area (Å²) in [7, 11) is 1.49. The second-order valence-electron chi connectivity index (χ2n) is 1.68. The molecule has 0 bridgehead atoms. The van der Waals surface area contributed by atoms with Crippen LogP contribution in [0.1, 0.15) is 0 Å². The minimum atomic E-state index is 0.337. The van der Waals surface area contributed by atoms with Crippen molar-refractivity contribution in [3.8, 4) is 0 Å². The smallest absolute Gasteiger partial charge is 0.142 e. The molecule has 0 aromatic carbocycles. The summed E-state index contributed by atoms with van der Waals surface area (Å²) in [5, 5.41) is 0.364. The Morgan fingerprint density at radius 3 is 2.20 bits per heavy atom. The van der Waals surface area contributed by atoms with E-state index in [0.717, 1.165) is 0 Å². The quantitative estimate of drug-likeness (QED) is 0.503. The van der Waals surface area contributed by atoms with Crippen molar-refractivity contribution in [2.24, 2.45) is 5.73 Å². The van der Waals surface area contributed by atoms with Gasteiger partial charge < -0.3 is 10.5 Å². The number of methoxy groups -OCH3 is 1. The van der Waals surface area contributed by atoms with E-state index in [4.69, 9.17) is 22.1 Å². The molecule has 0 unspecified atom stereocenters. The lowest BCUT2D eigenvalue weighted by atomic mass is 10.3. The Labute approximate surface area is 65.6 Å². The van der Waals surface area contributed by atoms with Gasteiger partial charge in [-0.25, -0.2) is 0 Å². The lowest BCUT2D eigenvalue weighted by molar-refractivity contribution is 0.300. The highest BCUT2D eigenvalue weighted by Gasteiger charge is 1.95. The van der Waals surface area contributed by atoms with Crippen molar-refractivity contribution in [3.63, 3.8) is 0 Å². The van der Waals surface area contributed by atoms with E-state index in [9.17, 15) is 0 Å². The van der Waals surface area contributed by atoms with E-state index in [0.29, 0.717) is 16.5 Å². The van der Waals surface area contributed by atoms with Gasteiger partial charge in [-0.1, -0.05) is 24.8 Å². The highest BCUT2D eigenvalue weighted by molar-refractivity contribution is 6.30. The van der Waals surface area contributed by atoms with Gasteiger partial charge in [0.25, 0.3) is 0 Å². The molecule has 0 aromatic rings. The molecule has 0 aromatic heterocycles. The standard InChI is InChI=1S/C7H10ClNO/c1-5(8)4-7(10-3)6(2)9/h4H,1-2,9H2,3H3/b7-4+. The fourth-order valence-electron chi connectivity index (χ4n) is 0.425. The SMILES string of the molecule is C=C(Cl)/C=C(/OC)C(=C)N. The van der Waals surface area contributed by atoms with Crippen molar-refractivity contribution in [1.82, 2.24) is 0 Å². The van der Waals surface area contributed by atoms with Crippen LogP contribution in [-0.4, -0.2) is 7.11 Å². The first kappa shape index (κ1) is 9.11. The van der Waals surface area contributed by atoms with Crippen molar-refractivity contribution >= 4 is 11.6 Å². The monoisotopic (exact) mass is 159 g/mol. The van der Waals surface area contributed by atoms with E-state index in [1.165, 1.54) is 13.2 Å². The Balaban J connectivity index is 4.34. The lowest BCUT2D eigenvalue weighted by Crippen LogP contribution is -2.00. The van der Waals surface area contributed by atoms with Gasteiger partial charge >= 0.3 is 0 Å². The van der Waals surface area contributed by atoms with E-state index in [-0.39, 0.29) is 0 Å². The van der Waals surface area contributed by atoms with Crippen LogP contribution in [0.3, 0.4) is 0 Å². The van der Waals surface area contributed by atoms with Crippen LogP contribution in [0.4, 0.5) is 0 Å². The Morgan fingerprint density at radius 2 is 2.10 bits per heavy atom. The zero-order valence-corrected chi connectivity index (χ0v) is 6.61. The summed E-state index contributed by atoms with van der Waals surface area (Å²) in [6.07, 6.45) is 1.50. The van der Waals surface area contributed by atoms with E-state index in [2.05, 4.69) is 13.2 Å². The third-order valence-corrected chi connectivity index (χ3v) is 0.933. The van der Waals surface area contributed by atoms with Crippen molar-refractivity contribution in [3.05, 3.63) is 35.7 Å². The molecule has 0 aliphatic carbocycles. The molecule has 0 spiro atoms. The molecule has 0 heterocycles. The van der Waals surface area contributed by atoms with Gasteiger partial charge in [0, 0.05) is 11.1 Å². The van der Waals surface area contributed by atoms with Crippen LogP contribution in [-0.2, 0) is 4.74 Å². The first-order valence-corrected chi connectivity index (χ1v) is 3.00. The van der Waals surface area contributed by atoms with Gasteiger partial charge in [0.2, 0.25) is 0 Å². The maximum Gasteiger partial charge on any atom is 0.142 e. The van der Waals surface area contributed by atoms with E-state index in [1.807, 2.05) is 0 Å². The molecule has 0 aliphatic heterocycles. The second kappa shape index (κ2) is 4.01. The number of rotatable bonds is 3. The molecule has 0 saturated heterocycles. The number of halogens is 1. The van der Waals surface area contributed by atoms with Crippen LogP contribution in [0.15, 0.2) is 35.7 Å². The number of hydrogen-bond donors (Lipinski definition) is 1. The molecule has 10 heavy (non-hydrogen) atoms. The van der Waals surface area contributed by atoms with Crippen molar-refractivity contribution in [1.29, 1.82) is 0 Å². The van der Waals surface area contributed by atoms with Gasteiger partial charge in [0.15, 0.2) is 0 Å². The zero-order chi connectivity index (χ0) is 8.15. The normalized spacial score (nSPS) is 10.8. The second-order valence-corrected chi connectivity index (χ2v) is 2.17. The highest BCUT2D eigenvalue weighted by atomic mass is 35.5. The molecule has 3 heteroatoms. The number of nitrogens with two attached hydrogens (primary N) is 1. The highest BCUT2D eigenvalue weighted by Crippen LogP contribution is 2.08. The molecule has 0 radical (unpaired) electrons. The fraction of sp³-hybridized carbons (Fsp3) is 0.143. The molecule has 0 saturated carbocycles. The average molecular weight is 160 g/mol. The summed E-state index contributed by atoms with van der Waals surface area (Å²) in [6, 6.07) is 0. The molecular formula is C7H10ClNO. The Bertz CT molecular complexity index is 184. The van der Waals surface area contributed by atoms with Gasteiger partial charge in [-0.3, -0.25) is 0 Å². The topological polar surface area (TPSA) is 35.2 Å². The van der Waals surface area contributed by atoms with Gasteiger partial charge in [-0.15, -0.1) is 0 Å². The van der Waals surface area contributed by atoms with Gasteiger partial charge in [-0.05, 0) is 0 Å². The lowest BCUT2D eigenvalue weighted by Gasteiger charge is -2.02. The molecule has 2 N–H and O–H groups in total.